The summed E-state index contributed by atoms with van der Waals surface area (Å²) in [6, 6.07) is 7.94. The summed E-state index contributed by atoms with van der Waals surface area (Å²) in [5.74, 6) is 1.38. The Morgan fingerprint density at radius 3 is 2.73 bits per heavy atom. The lowest BCUT2D eigenvalue weighted by Crippen LogP contribution is -2.23. The van der Waals surface area contributed by atoms with E-state index >= 15 is 0 Å². The number of hydrogen-bond donors (Lipinski definition) is 1. The highest BCUT2D eigenvalue weighted by molar-refractivity contribution is 5.82. The monoisotopic (exact) mass is 355 g/mol. The van der Waals surface area contributed by atoms with Crippen molar-refractivity contribution < 1.29 is 9.53 Å². The molecule has 0 spiro atoms. The van der Waals surface area contributed by atoms with E-state index in [4.69, 9.17) is 4.74 Å². The van der Waals surface area contributed by atoms with E-state index < -0.39 is 5.41 Å². The van der Waals surface area contributed by atoms with Gasteiger partial charge in [-0.25, -0.2) is 4.98 Å². The number of anilines is 1. The van der Waals surface area contributed by atoms with Crippen LogP contribution in [0.3, 0.4) is 0 Å². The maximum absolute atomic E-state index is 11.7. The average Bonchev–Trinajstić information content (AvgIpc) is 2.99. The number of nitrogens with one attached hydrogen (secondary N) is 1. The minimum Gasteiger partial charge on any atom is -0.465 e. The first kappa shape index (κ1) is 18.1. The average molecular weight is 355 g/mol. The van der Waals surface area contributed by atoms with Gasteiger partial charge in [-0.3, -0.25) is 9.20 Å². The van der Waals surface area contributed by atoms with Crippen molar-refractivity contribution in [3.63, 3.8) is 0 Å². The molecule has 3 aromatic rings. The van der Waals surface area contributed by atoms with Crippen LogP contribution in [0.4, 0.5) is 5.82 Å². The van der Waals surface area contributed by atoms with Crippen LogP contribution in [0.1, 0.15) is 39.4 Å². The van der Waals surface area contributed by atoms with Gasteiger partial charge in [0.05, 0.1) is 23.1 Å². The second-order valence-corrected chi connectivity index (χ2v) is 7.38. The van der Waals surface area contributed by atoms with Crippen LogP contribution in [0, 0.1) is 12.3 Å². The first-order valence-electron chi connectivity index (χ1n) is 8.89. The Bertz CT molecular complexity index is 927. The van der Waals surface area contributed by atoms with Crippen molar-refractivity contribution in [1.82, 2.24) is 19.6 Å². The Morgan fingerprint density at radius 2 is 1.96 bits per heavy atom. The van der Waals surface area contributed by atoms with E-state index in [1.807, 2.05) is 56.4 Å². The zero-order valence-corrected chi connectivity index (χ0v) is 15.7. The van der Waals surface area contributed by atoms with Crippen LogP contribution in [-0.2, 0) is 9.53 Å². The Labute approximate surface area is 152 Å². The topological polar surface area (TPSA) is 81.4 Å². The largest absolute Gasteiger partial charge is 0.465 e. The summed E-state index contributed by atoms with van der Waals surface area (Å²) in [4.78, 5) is 16.4. The Morgan fingerprint density at radius 1 is 1.19 bits per heavy atom. The second kappa shape index (κ2) is 7.27. The van der Waals surface area contributed by atoms with E-state index in [2.05, 4.69) is 20.5 Å². The molecule has 0 fully saturated rings. The van der Waals surface area contributed by atoms with Gasteiger partial charge in [0.1, 0.15) is 5.82 Å². The van der Waals surface area contributed by atoms with Gasteiger partial charge in [0.2, 0.25) is 5.65 Å². The zero-order valence-electron chi connectivity index (χ0n) is 15.7. The molecule has 2 heterocycles. The van der Waals surface area contributed by atoms with Gasteiger partial charge in [-0.2, -0.15) is 0 Å². The molecule has 0 aliphatic carbocycles. The number of aromatic nitrogens is 4. The highest BCUT2D eigenvalue weighted by atomic mass is 16.5. The molecule has 1 N–H and O–H groups in total. The number of fused-ring (bicyclic) bond motifs is 3. The molecular weight excluding hydrogens is 330 g/mol. The third-order valence-corrected chi connectivity index (χ3v) is 4.10. The minimum atomic E-state index is -0.454. The van der Waals surface area contributed by atoms with Crippen molar-refractivity contribution in [1.29, 1.82) is 0 Å². The van der Waals surface area contributed by atoms with E-state index in [0.29, 0.717) is 6.61 Å². The summed E-state index contributed by atoms with van der Waals surface area (Å²) in [5, 5.41) is 11.8. The standard InChI is InChI=1S/C19H25N5O2/c1-13-22-23-17-16(21-14-9-5-6-10-15(14)24(13)17)20-11-7-8-12-26-18(25)19(2,3)4/h5-6,9-10H,7-8,11-12H2,1-4H3,(H,20,21). The Balaban J connectivity index is 1.62. The van der Waals surface area contributed by atoms with Crippen LogP contribution in [0.25, 0.3) is 16.7 Å². The quantitative estimate of drug-likeness (QED) is 0.539. The highest BCUT2D eigenvalue weighted by Gasteiger charge is 2.22. The van der Waals surface area contributed by atoms with E-state index in [0.717, 1.165) is 47.7 Å². The van der Waals surface area contributed by atoms with Gasteiger partial charge in [-0.15, -0.1) is 10.2 Å². The molecule has 0 bridgehead atoms. The van der Waals surface area contributed by atoms with Gasteiger partial charge < -0.3 is 10.1 Å². The number of carbonyl (C=O) groups excluding carboxylic acids is 1. The van der Waals surface area contributed by atoms with Gasteiger partial charge in [-0.05, 0) is 52.7 Å². The van der Waals surface area contributed by atoms with E-state index in [1.54, 1.807) is 0 Å². The maximum Gasteiger partial charge on any atom is 0.311 e. The molecule has 0 radical (unpaired) electrons. The molecule has 2 aromatic heterocycles. The first-order valence-corrected chi connectivity index (χ1v) is 8.89. The second-order valence-electron chi connectivity index (χ2n) is 7.38. The van der Waals surface area contributed by atoms with Gasteiger partial charge in [0.25, 0.3) is 0 Å². The third-order valence-electron chi connectivity index (χ3n) is 4.10. The number of nitrogens with zero attached hydrogens (tertiary/aromatic N) is 4. The molecule has 0 atom stereocenters. The summed E-state index contributed by atoms with van der Waals surface area (Å²) in [7, 11) is 0. The minimum absolute atomic E-state index is 0.165. The first-order chi connectivity index (χ1) is 12.4. The third kappa shape index (κ3) is 3.76. The van der Waals surface area contributed by atoms with Gasteiger partial charge in [0, 0.05) is 6.54 Å². The smallest absolute Gasteiger partial charge is 0.311 e. The summed E-state index contributed by atoms with van der Waals surface area (Å²) >= 11 is 0. The predicted molar refractivity (Wildman–Crippen MR) is 101 cm³/mol. The van der Waals surface area contributed by atoms with Crippen molar-refractivity contribution in [2.24, 2.45) is 5.41 Å². The fraction of sp³-hybridized carbons (Fsp3) is 0.474. The molecular formula is C19H25N5O2. The van der Waals surface area contributed by atoms with Crippen molar-refractivity contribution in [2.75, 3.05) is 18.5 Å². The normalized spacial score (nSPS) is 11.8. The van der Waals surface area contributed by atoms with Crippen LogP contribution >= 0.6 is 0 Å². The number of esters is 1. The van der Waals surface area contributed by atoms with E-state index in [-0.39, 0.29) is 5.97 Å². The van der Waals surface area contributed by atoms with Gasteiger partial charge in [0.15, 0.2) is 5.82 Å². The molecule has 138 valence electrons. The fourth-order valence-corrected chi connectivity index (χ4v) is 2.66. The molecule has 3 rings (SSSR count). The van der Waals surface area contributed by atoms with Crippen LogP contribution in [-0.4, -0.2) is 38.7 Å². The molecule has 26 heavy (non-hydrogen) atoms. The number of carbonyl (C=O) groups is 1. The van der Waals surface area contributed by atoms with Crippen molar-refractivity contribution in [3.05, 3.63) is 30.1 Å². The van der Waals surface area contributed by atoms with Crippen molar-refractivity contribution in [3.8, 4) is 0 Å². The Hall–Kier alpha value is -2.70. The Kier molecular flexibility index (Phi) is 5.06. The fourth-order valence-electron chi connectivity index (χ4n) is 2.66. The number of ether oxygens (including phenoxy) is 1. The predicted octanol–water partition coefficient (Wildman–Crippen LogP) is 3.37. The summed E-state index contributed by atoms with van der Waals surface area (Å²) < 4.78 is 7.29. The number of hydrogen-bond acceptors (Lipinski definition) is 6. The summed E-state index contributed by atoms with van der Waals surface area (Å²) in [5.41, 5.74) is 2.15. The molecule has 0 aliphatic heterocycles. The van der Waals surface area contributed by atoms with Crippen LogP contribution < -0.4 is 5.32 Å². The van der Waals surface area contributed by atoms with Crippen molar-refractivity contribution in [2.45, 2.75) is 40.5 Å². The summed E-state index contributed by atoms with van der Waals surface area (Å²) in [6.07, 6.45) is 1.66. The molecule has 7 heteroatoms. The van der Waals surface area contributed by atoms with E-state index in [1.165, 1.54) is 0 Å². The molecule has 0 saturated heterocycles. The molecule has 7 nitrogen and oxygen atoms in total. The molecule has 0 unspecified atom stereocenters. The molecule has 0 amide bonds. The lowest BCUT2D eigenvalue weighted by atomic mass is 9.97. The van der Waals surface area contributed by atoms with Gasteiger partial charge in [-0.1, -0.05) is 12.1 Å². The van der Waals surface area contributed by atoms with Crippen LogP contribution in [0.5, 0.6) is 0 Å². The van der Waals surface area contributed by atoms with Crippen LogP contribution in [0.2, 0.25) is 0 Å². The van der Waals surface area contributed by atoms with Crippen molar-refractivity contribution >= 4 is 28.5 Å². The number of para-hydroxylation sites is 2. The maximum atomic E-state index is 11.7. The van der Waals surface area contributed by atoms with E-state index in [9.17, 15) is 4.79 Å². The van der Waals surface area contributed by atoms with Gasteiger partial charge >= 0.3 is 5.97 Å². The highest BCUT2D eigenvalue weighted by Crippen LogP contribution is 2.21. The lowest BCUT2D eigenvalue weighted by Gasteiger charge is -2.16. The number of unbranched alkanes of at least 4 members (excludes halogenated alkanes) is 1. The molecule has 1 aromatic carbocycles. The molecule has 0 aliphatic rings. The number of benzene rings is 1. The lowest BCUT2D eigenvalue weighted by molar-refractivity contribution is -0.153. The molecule has 0 saturated carbocycles. The number of rotatable bonds is 6. The number of aryl methyl sites for hydroxylation is 1. The zero-order chi connectivity index (χ0) is 18.7. The summed E-state index contributed by atoms with van der Waals surface area (Å²) in [6.45, 7) is 8.65. The van der Waals surface area contributed by atoms with Crippen LogP contribution in [0.15, 0.2) is 24.3 Å². The SMILES string of the molecule is Cc1nnc2c(NCCCCOC(=O)C(C)(C)C)nc3ccccc3n12.